The van der Waals surface area contributed by atoms with Gasteiger partial charge in [0.05, 0.1) is 10.6 Å². The summed E-state index contributed by atoms with van der Waals surface area (Å²) in [5.74, 6) is 0. The van der Waals surface area contributed by atoms with E-state index in [2.05, 4.69) is 5.32 Å². The summed E-state index contributed by atoms with van der Waals surface area (Å²) in [5, 5.41) is 6.10. The second-order valence-electron chi connectivity index (χ2n) is 1.00. The molecule has 0 aliphatic carbocycles. The largest absolute Gasteiger partial charge is 0.349 e. The van der Waals surface area contributed by atoms with E-state index in [0.29, 0.717) is 0 Å². The molecule has 1 saturated heterocycles. The molecule has 0 unspecified atom stereocenters. The predicted octanol–water partition coefficient (Wildman–Crippen LogP) is -1.43. The van der Waals surface area contributed by atoms with Gasteiger partial charge in [0.15, 0.2) is 0 Å². The molecule has 18 valence electrons. The number of nitrogens with one attached hydrogen (secondary N) is 1. The molecule has 2 heterocycles. The van der Waals surface area contributed by atoms with Crippen molar-refractivity contribution in [1.82, 2.24) is 5.32 Å². The lowest BCUT2D eigenvalue weighted by Gasteiger charge is -1.44. The second kappa shape index (κ2) is 0.141. The molecule has 0 saturated carbocycles. The summed E-state index contributed by atoms with van der Waals surface area (Å²) < 4.78 is 0. The number of hydrogen-bond donors (Lipinski definition) is 1. The Bertz CT molecular complexity index is 117. The monoisotopic (exact) mass is 67.0 g/mol. The molecule has 1 N–H and O–H groups in total. The molecular weight excluding hydrogens is 66.1 g/mol. The van der Waals surface area contributed by atoms with Crippen LogP contribution in [0.1, 0.15) is 0 Å². The van der Waals surface area contributed by atoms with Gasteiger partial charge < -0.3 is 5.32 Å². The summed E-state index contributed by atoms with van der Waals surface area (Å²) in [6.45, 7) is 0. The third-order valence-corrected chi connectivity index (χ3v) is 1.62. The third-order valence-electron chi connectivity index (χ3n) is 0.625. The van der Waals surface area contributed by atoms with Gasteiger partial charge in [0.1, 0.15) is 0 Å². The molecule has 2 aliphatic rings. The Labute approximate surface area is 25.7 Å². The van der Waals surface area contributed by atoms with E-state index in [0.717, 1.165) is 8.74 Å². The maximum Gasteiger partial charge on any atom is 0.0782 e. The molecule has 4 heavy (non-hydrogen) atoms. The molecule has 0 bridgehead atoms. The molecule has 0 aromatic heterocycles. The molecule has 1 fully saturated rings. The average molecular weight is 67.1 g/mol. The van der Waals surface area contributed by atoms with Crippen molar-refractivity contribution >= 4 is 19.3 Å². The van der Waals surface area contributed by atoms with E-state index in [1.165, 1.54) is 10.6 Å². The van der Waals surface area contributed by atoms with Crippen LogP contribution in [-0.2, 0) is 0 Å². The minimum atomic E-state index is 1.13. The molecule has 0 aromatic carbocycles. The first kappa shape index (κ1) is 1.26. The van der Waals surface area contributed by atoms with E-state index in [4.69, 9.17) is 0 Å². The van der Waals surface area contributed by atoms with Gasteiger partial charge in [0, 0.05) is 8.74 Å². The quantitative estimate of drug-likeness (QED) is 0.272. The smallest absolute Gasteiger partial charge is 0.0782 e. The van der Waals surface area contributed by atoms with Gasteiger partial charge in [-0.25, -0.2) is 0 Å². The van der Waals surface area contributed by atoms with Crippen LogP contribution in [0.2, 0.25) is 0 Å². The van der Waals surface area contributed by atoms with Gasteiger partial charge in [-0.05, 0) is 0 Å². The zero-order valence-corrected chi connectivity index (χ0v) is 3.00. The maximum absolute atomic E-state index is 3.04. The van der Waals surface area contributed by atoms with Crippen LogP contribution in [0.5, 0.6) is 0 Å². The molecule has 0 amide bonds. The fourth-order valence-electron chi connectivity index (χ4n) is 0.188. The van der Waals surface area contributed by atoms with Crippen LogP contribution in [0.3, 0.4) is 0 Å². The van der Waals surface area contributed by atoms with Gasteiger partial charge in [-0.15, -0.1) is 0 Å². The first-order chi connectivity index (χ1) is 1.97. The first-order valence-corrected chi connectivity index (χ1v) is 2.25. The van der Waals surface area contributed by atoms with E-state index in [-0.39, 0.29) is 0 Å². The second-order valence-corrected chi connectivity index (χ2v) is 2.25. The number of fused-ring (bicyclic) bond motifs is 1. The third kappa shape index (κ3) is 0.0167. The summed E-state index contributed by atoms with van der Waals surface area (Å²) in [7, 11) is 1.13. The van der Waals surface area contributed by atoms with Crippen molar-refractivity contribution in [2.24, 2.45) is 0 Å². The molecule has 0 radical (unpaired) electrons. The van der Waals surface area contributed by atoms with E-state index < -0.39 is 0 Å². The van der Waals surface area contributed by atoms with Crippen molar-refractivity contribution in [2.45, 2.75) is 0 Å². The Kier molecular flexibility index (Phi) is 0.0446. The van der Waals surface area contributed by atoms with Gasteiger partial charge in [0.2, 0.25) is 0 Å². The Morgan fingerprint density at radius 1 is 1.50 bits per heavy atom. The topological polar surface area (TPSA) is 21.9 Å². The zero-order valence-electron chi connectivity index (χ0n) is 2.00. The van der Waals surface area contributed by atoms with Crippen LogP contribution in [0.25, 0.3) is 0 Å². The Hall–Kier alpha value is -0.243. The fourth-order valence-corrected chi connectivity index (χ4v) is 0.562. The SMILES string of the molecule is N1C2=[Si]=C12. The van der Waals surface area contributed by atoms with Gasteiger partial charge >= 0.3 is 0 Å². The lowest BCUT2D eigenvalue weighted by molar-refractivity contribution is 1.68. The maximum atomic E-state index is 3.04. The van der Waals surface area contributed by atoms with Crippen LogP contribution in [-0.4, -0.2) is 19.3 Å². The molecule has 2 aliphatic heterocycles. The Balaban J connectivity index is 3.13. The van der Waals surface area contributed by atoms with Crippen molar-refractivity contribution < 1.29 is 0 Å². The number of hydrogen-bond acceptors (Lipinski definition) is 1. The fraction of sp³-hybridized carbons (Fsp3) is 0. The molecular formula is C2HNSi. The lowest BCUT2D eigenvalue weighted by Crippen LogP contribution is -1.80. The summed E-state index contributed by atoms with van der Waals surface area (Å²) in [6, 6.07) is 0. The van der Waals surface area contributed by atoms with Crippen LogP contribution in [0.15, 0.2) is 0 Å². The average Bonchev–Trinajstić information content (AvgIpc) is 1.36. The van der Waals surface area contributed by atoms with Crippen LogP contribution >= 0.6 is 0 Å². The van der Waals surface area contributed by atoms with Gasteiger partial charge in [-0.3, -0.25) is 0 Å². The Morgan fingerprint density at radius 3 is 1.75 bits per heavy atom. The van der Waals surface area contributed by atoms with Crippen LogP contribution < -0.4 is 5.32 Å². The molecule has 2 rings (SSSR count). The van der Waals surface area contributed by atoms with Crippen molar-refractivity contribution in [3.63, 3.8) is 0 Å². The van der Waals surface area contributed by atoms with Crippen LogP contribution in [0.4, 0.5) is 0 Å². The van der Waals surface area contributed by atoms with Gasteiger partial charge in [-0.1, -0.05) is 0 Å². The van der Waals surface area contributed by atoms with Crippen molar-refractivity contribution in [3.8, 4) is 0 Å². The summed E-state index contributed by atoms with van der Waals surface area (Å²) in [6.07, 6.45) is 0. The highest BCUT2D eigenvalue weighted by atomic mass is 28.2. The molecule has 2 heteroatoms. The lowest BCUT2D eigenvalue weighted by atomic mass is 11.0. The van der Waals surface area contributed by atoms with Gasteiger partial charge in [0.25, 0.3) is 0 Å². The van der Waals surface area contributed by atoms with Crippen molar-refractivity contribution in [3.05, 3.63) is 0 Å². The minimum Gasteiger partial charge on any atom is -0.349 e. The Morgan fingerprint density at radius 2 is 1.75 bits per heavy atom. The molecule has 0 aromatic rings. The highest BCUT2D eigenvalue weighted by Crippen LogP contribution is 1.92. The highest BCUT2D eigenvalue weighted by Gasteiger charge is 2.28. The summed E-state index contributed by atoms with van der Waals surface area (Å²) >= 11 is 0. The zero-order chi connectivity index (χ0) is 2.57. The number of rotatable bonds is 0. The first-order valence-electron chi connectivity index (χ1n) is 1.25. The van der Waals surface area contributed by atoms with E-state index in [1.807, 2.05) is 0 Å². The van der Waals surface area contributed by atoms with E-state index >= 15 is 0 Å². The normalized spacial score (nSPS) is 24.0. The highest BCUT2D eigenvalue weighted by molar-refractivity contribution is 7.13. The minimum absolute atomic E-state index is 1.13. The van der Waals surface area contributed by atoms with E-state index in [1.54, 1.807) is 0 Å². The van der Waals surface area contributed by atoms with E-state index in [9.17, 15) is 0 Å². The predicted molar refractivity (Wildman–Crippen MR) is 18.9 cm³/mol. The van der Waals surface area contributed by atoms with Crippen molar-refractivity contribution in [2.75, 3.05) is 0 Å². The summed E-state index contributed by atoms with van der Waals surface area (Å²) in [4.78, 5) is 0. The van der Waals surface area contributed by atoms with Crippen LogP contribution in [0, 0.1) is 0 Å². The molecule has 0 spiro atoms. The molecule has 1 nitrogen and oxygen atoms in total. The molecule has 0 atom stereocenters. The van der Waals surface area contributed by atoms with Gasteiger partial charge in [-0.2, -0.15) is 0 Å². The van der Waals surface area contributed by atoms with Crippen molar-refractivity contribution in [1.29, 1.82) is 0 Å². The summed E-state index contributed by atoms with van der Waals surface area (Å²) in [5.41, 5.74) is 0. The standard InChI is InChI=1S/C2HNSi/c3-1-2(3)4-1/h3H.